The highest BCUT2D eigenvalue weighted by molar-refractivity contribution is 6.15. The number of hydrogen-bond acceptors (Lipinski definition) is 11. The zero-order valence-electron chi connectivity index (χ0n) is 20.4. The molecule has 0 bridgehead atoms. The first-order valence-corrected chi connectivity index (χ1v) is 12.5. The number of rotatable bonds is 8. The second-order valence-electron chi connectivity index (χ2n) is 9.80. The zero-order valence-corrected chi connectivity index (χ0v) is 20.4. The third-order valence-electron chi connectivity index (χ3n) is 7.38. The van der Waals surface area contributed by atoms with Crippen molar-refractivity contribution in [3.8, 4) is 0 Å². The Morgan fingerprint density at radius 1 is 0.892 bits per heavy atom. The minimum Gasteiger partial charge on any atom is -0.456 e. The van der Waals surface area contributed by atoms with Gasteiger partial charge in [-0.2, -0.15) is 0 Å². The Balaban J connectivity index is 1.78. The fourth-order valence-corrected chi connectivity index (χ4v) is 5.48. The van der Waals surface area contributed by atoms with Crippen molar-refractivity contribution in [2.45, 2.75) is 82.7 Å². The average Bonchev–Trinajstić information content (AvgIpc) is 3.30. The second-order valence-corrected chi connectivity index (χ2v) is 9.80. The summed E-state index contributed by atoms with van der Waals surface area (Å²) in [7, 11) is 0. The molecule has 1 aliphatic carbocycles. The molecule has 0 saturated carbocycles. The standard InChI is InChI=1S/C26H30O11/c1-2-3-4-5-7-15(27)20-18-13(23(31)36-25(18)33)10-12(21(29)16-8-6-9-17(28)35-16)11-14-19(22(20)30)26(34)37-24(14)32/h6,9,12,15-16,20-22,27,29-30H,2-5,7-8,10-11H2,1H3/t12?,15-,16+,20?,21+,22+/m1/s1. The van der Waals surface area contributed by atoms with E-state index in [1.165, 1.54) is 12.2 Å². The maximum Gasteiger partial charge on any atom is 0.345 e. The van der Waals surface area contributed by atoms with Crippen LogP contribution in [0.4, 0.5) is 0 Å². The van der Waals surface area contributed by atoms with Gasteiger partial charge in [0, 0.05) is 24.0 Å². The molecule has 0 spiro atoms. The second kappa shape index (κ2) is 11.1. The molecule has 0 aromatic heterocycles. The third-order valence-corrected chi connectivity index (χ3v) is 7.38. The summed E-state index contributed by atoms with van der Waals surface area (Å²) in [6, 6.07) is 0. The molecule has 37 heavy (non-hydrogen) atoms. The Bertz CT molecular complexity index is 1100. The van der Waals surface area contributed by atoms with E-state index in [1.54, 1.807) is 0 Å². The normalized spacial score (nSPS) is 29.7. The molecular formula is C26H30O11. The van der Waals surface area contributed by atoms with Crippen LogP contribution in [-0.2, 0) is 38.2 Å². The molecule has 0 fully saturated rings. The largest absolute Gasteiger partial charge is 0.456 e. The highest BCUT2D eigenvalue weighted by Gasteiger charge is 2.51. The summed E-state index contributed by atoms with van der Waals surface area (Å²) >= 11 is 0. The van der Waals surface area contributed by atoms with Crippen LogP contribution in [0.2, 0.25) is 0 Å². The fraction of sp³-hybridized carbons (Fsp3) is 0.577. The van der Waals surface area contributed by atoms with Gasteiger partial charge in [0.15, 0.2) is 0 Å². The van der Waals surface area contributed by atoms with Crippen LogP contribution in [0.15, 0.2) is 34.4 Å². The summed E-state index contributed by atoms with van der Waals surface area (Å²) in [6.07, 6.45) is 0.0132. The van der Waals surface area contributed by atoms with Crippen molar-refractivity contribution < 1.29 is 53.5 Å². The summed E-state index contributed by atoms with van der Waals surface area (Å²) < 4.78 is 14.8. The molecule has 6 atom stereocenters. The van der Waals surface area contributed by atoms with Crippen LogP contribution in [0.25, 0.3) is 0 Å². The summed E-state index contributed by atoms with van der Waals surface area (Å²) in [5.41, 5.74) is -1.10. The SMILES string of the molecule is CCCCCC[C@@H](O)C1C2=C(CC([C@H](O)[C@@H]3CC=CC(=O)O3)CC3=C(C(=O)OC3=O)[C@@H]1O)C(=O)OC2=O. The van der Waals surface area contributed by atoms with Gasteiger partial charge in [-0.05, 0) is 25.2 Å². The van der Waals surface area contributed by atoms with E-state index in [4.69, 9.17) is 14.2 Å². The van der Waals surface area contributed by atoms with Crippen LogP contribution < -0.4 is 0 Å². The lowest BCUT2D eigenvalue weighted by molar-refractivity contribution is -0.154. The van der Waals surface area contributed by atoms with Crippen LogP contribution in [0.5, 0.6) is 0 Å². The number of ether oxygens (including phenoxy) is 3. The lowest BCUT2D eigenvalue weighted by atomic mass is 9.80. The van der Waals surface area contributed by atoms with Crippen molar-refractivity contribution in [3.05, 3.63) is 34.4 Å². The smallest absolute Gasteiger partial charge is 0.345 e. The van der Waals surface area contributed by atoms with Gasteiger partial charge in [0.25, 0.3) is 0 Å². The first-order valence-electron chi connectivity index (χ1n) is 12.5. The Morgan fingerprint density at radius 3 is 2.14 bits per heavy atom. The van der Waals surface area contributed by atoms with Crippen LogP contribution in [0.3, 0.4) is 0 Å². The third kappa shape index (κ3) is 5.29. The number of esters is 5. The van der Waals surface area contributed by atoms with Crippen molar-refractivity contribution in [2.75, 3.05) is 0 Å². The summed E-state index contributed by atoms with van der Waals surface area (Å²) in [6.45, 7) is 2.02. The Morgan fingerprint density at radius 2 is 1.51 bits per heavy atom. The molecule has 11 nitrogen and oxygen atoms in total. The minimum absolute atomic E-state index is 0.155. The minimum atomic E-state index is -1.84. The number of unbranched alkanes of at least 4 members (excludes halogenated alkanes) is 3. The number of aliphatic hydroxyl groups is 3. The molecule has 3 heterocycles. The first kappa shape index (κ1) is 26.9. The summed E-state index contributed by atoms with van der Waals surface area (Å²) in [5.74, 6) is -7.33. The predicted molar refractivity (Wildman–Crippen MR) is 123 cm³/mol. The molecule has 2 unspecified atom stereocenters. The Labute approximate surface area is 212 Å². The van der Waals surface area contributed by atoms with E-state index in [-0.39, 0.29) is 42.4 Å². The monoisotopic (exact) mass is 518 g/mol. The van der Waals surface area contributed by atoms with Gasteiger partial charge in [-0.1, -0.05) is 38.7 Å². The van der Waals surface area contributed by atoms with E-state index < -0.39 is 71.7 Å². The quantitative estimate of drug-likeness (QED) is 0.179. The molecular weight excluding hydrogens is 488 g/mol. The molecule has 4 aliphatic rings. The van der Waals surface area contributed by atoms with Gasteiger partial charge < -0.3 is 29.5 Å². The van der Waals surface area contributed by atoms with E-state index in [0.717, 1.165) is 19.3 Å². The van der Waals surface area contributed by atoms with Gasteiger partial charge in [-0.25, -0.2) is 24.0 Å². The average molecular weight is 519 g/mol. The van der Waals surface area contributed by atoms with E-state index in [2.05, 4.69) is 0 Å². The van der Waals surface area contributed by atoms with Gasteiger partial charge in [-0.15, -0.1) is 0 Å². The predicted octanol–water partition coefficient (Wildman–Crippen LogP) is 0.697. The van der Waals surface area contributed by atoms with Crippen LogP contribution in [0, 0.1) is 11.8 Å². The molecule has 11 heteroatoms. The van der Waals surface area contributed by atoms with Crippen molar-refractivity contribution in [1.82, 2.24) is 0 Å². The topological polar surface area (TPSA) is 174 Å². The van der Waals surface area contributed by atoms with Crippen LogP contribution in [-0.4, -0.2) is 69.6 Å². The van der Waals surface area contributed by atoms with E-state index >= 15 is 0 Å². The number of cyclic esters (lactones) is 5. The zero-order chi connectivity index (χ0) is 26.9. The van der Waals surface area contributed by atoms with Crippen molar-refractivity contribution >= 4 is 29.8 Å². The molecule has 0 aromatic carbocycles. The van der Waals surface area contributed by atoms with Crippen molar-refractivity contribution in [3.63, 3.8) is 0 Å². The summed E-state index contributed by atoms with van der Waals surface area (Å²) in [5, 5.41) is 33.6. The van der Waals surface area contributed by atoms with Crippen molar-refractivity contribution in [2.24, 2.45) is 11.8 Å². The maximum atomic E-state index is 12.8. The molecule has 0 aromatic rings. The number of carbonyl (C=O) groups excluding carboxylic acids is 5. The van der Waals surface area contributed by atoms with Crippen LogP contribution >= 0.6 is 0 Å². The molecule has 0 saturated heterocycles. The lowest BCUT2D eigenvalue weighted by Crippen LogP contribution is -2.39. The maximum absolute atomic E-state index is 12.8. The number of hydrogen-bond donors (Lipinski definition) is 3. The molecule has 0 amide bonds. The summed E-state index contributed by atoms with van der Waals surface area (Å²) in [4.78, 5) is 62.6. The van der Waals surface area contributed by atoms with E-state index in [0.29, 0.717) is 6.42 Å². The Kier molecular flexibility index (Phi) is 8.05. The highest BCUT2D eigenvalue weighted by Crippen LogP contribution is 2.43. The van der Waals surface area contributed by atoms with Crippen LogP contribution in [0.1, 0.15) is 58.3 Å². The van der Waals surface area contributed by atoms with Crippen molar-refractivity contribution in [1.29, 1.82) is 0 Å². The molecule has 0 radical (unpaired) electrons. The van der Waals surface area contributed by atoms with Gasteiger partial charge in [0.1, 0.15) is 6.10 Å². The van der Waals surface area contributed by atoms with Gasteiger partial charge in [0.05, 0.1) is 35.0 Å². The fourth-order valence-electron chi connectivity index (χ4n) is 5.48. The first-order chi connectivity index (χ1) is 17.6. The number of carbonyl (C=O) groups is 5. The number of aliphatic hydroxyl groups excluding tert-OH is 3. The molecule has 4 rings (SSSR count). The van der Waals surface area contributed by atoms with E-state index in [9.17, 15) is 39.3 Å². The molecule has 3 aliphatic heterocycles. The Hall–Kier alpha value is -3.15. The highest BCUT2D eigenvalue weighted by atomic mass is 16.6. The lowest BCUT2D eigenvalue weighted by Gasteiger charge is -2.30. The van der Waals surface area contributed by atoms with E-state index in [1.807, 2.05) is 6.92 Å². The molecule has 200 valence electrons. The van der Waals surface area contributed by atoms with Gasteiger partial charge >= 0.3 is 29.8 Å². The van der Waals surface area contributed by atoms with Gasteiger partial charge in [0.2, 0.25) is 0 Å². The van der Waals surface area contributed by atoms with Gasteiger partial charge in [-0.3, -0.25) is 0 Å². The molecule has 3 N–H and O–H groups in total.